The SMILES string of the molecule is CN1C(c2ccccc2)NC(c2ccc(-n3c4ccccc4c4cc5c(cc43)c3ccccc3n5-c3ccccc3)cc2)NC1c1ccc2ccccc2c1. The molecule has 0 amide bonds. The quantitative estimate of drug-likeness (QED) is 0.187. The first kappa shape index (κ1) is 32.0. The summed E-state index contributed by atoms with van der Waals surface area (Å²) < 4.78 is 4.84. The lowest BCUT2D eigenvalue weighted by molar-refractivity contribution is 0.0416. The third kappa shape index (κ3) is 5.20. The molecule has 55 heavy (non-hydrogen) atoms. The van der Waals surface area contributed by atoms with Crippen LogP contribution in [0, 0.1) is 0 Å². The van der Waals surface area contributed by atoms with E-state index in [1.54, 1.807) is 0 Å². The second-order valence-corrected chi connectivity index (χ2v) is 14.8. The summed E-state index contributed by atoms with van der Waals surface area (Å²) >= 11 is 0. The van der Waals surface area contributed by atoms with E-state index in [4.69, 9.17) is 0 Å². The van der Waals surface area contributed by atoms with Crippen molar-refractivity contribution in [2.24, 2.45) is 0 Å². The van der Waals surface area contributed by atoms with Crippen LogP contribution in [0.3, 0.4) is 0 Å². The number of para-hydroxylation sites is 3. The maximum atomic E-state index is 3.97. The van der Waals surface area contributed by atoms with Crippen molar-refractivity contribution < 1.29 is 0 Å². The molecule has 3 atom stereocenters. The summed E-state index contributed by atoms with van der Waals surface area (Å²) in [6.07, 6.45) is -0.0614. The summed E-state index contributed by atoms with van der Waals surface area (Å²) in [5.41, 5.74) is 10.8. The number of hydrogen-bond donors (Lipinski definition) is 2. The Bertz CT molecular complexity index is 3020. The van der Waals surface area contributed by atoms with Gasteiger partial charge >= 0.3 is 0 Å². The highest BCUT2D eigenvalue weighted by Crippen LogP contribution is 2.40. The highest BCUT2D eigenvalue weighted by atomic mass is 15.4. The van der Waals surface area contributed by atoms with Crippen molar-refractivity contribution in [1.29, 1.82) is 0 Å². The minimum atomic E-state index is -0.0752. The molecule has 0 aliphatic carbocycles. The van der Waals surface area contributed by atoms with Crippen molar-refractivity contribution in [3.8, 4) is 11.4 Å². The summed E-state index contributed by atoms with van der Waals surface area (Å²) in [6, 6.07) is 68.4. The van der Waals surface area contributed by atoms with Crippen LogP contribution in [0.4, 0.5) is 0 Å². The van der Waals surface area contributed by atoms with Crippen molar-refractivity contribution in [3.63, 3.8) is 0 Å². The van der Waals surface area contributed by atoms with Crippen LogP contribution in [0.2, 0.25) is 0 Å². The molecule has 5 nitrogen and oxygen atoms in total. The molecule has 11 rings (SSSR count). The number of rotatable bonds is 5. The van der Waals surface area contributed by atoms with Crippen LogP contribution in [0.1, 0.15) is 35.2 Å². The molecule has 2 N–H and O–H groups in total. The number of aromatic nitrogens is 2. The molecule has 0 bridgehead atoms. The van der Waals surface area contributed by atoms with E-state index in [0.29, 0.717) is 0 Å². The number of fused-ring (bicyclic) bond motifs is 7. The van der Waals surface area contributed by atoms with Crippen LogP contribution in [0.15, 0.2) is 188 Å². The fourth-order valence-electron chi connectivity index (χ4n) is 9.00. The van der Waals surface area contributed by atoms with Gasteiger partial charge in [0.2, 0.25) is 0 Å². The van der Waals surface area contributed by atoms with Gasteiger partial charge in [-0.05, 0) is 89.1 Å². The average Bonchev–Trinajstić information content (AvgIpc) is 3.75. The van der Waals surface area contributed by atoms with Gasteiger partial charge in [0.15, 0.2) is 0 Å². The molecule has 0 spiro atoms. The van der Waals surface area contributed by atoms with Gasteiger partial charge in [-0.2, -0.15) is 0 Å². The van der Waals surface area contributed by atoms with Gasteiger partial charge in [-0.25, -0.2) is 0 Å². The normalized spacial score (nSPS) is 17.9. The molecule has 8 aromatic carbocycles. The van der Waals surface area contributed by atoms with Crippen LogP contribution >= 0.6 is 0 Å². The van der Waals surface area contributed by atoms with Gasteiger partial charge in [0.05, 0.1) is 40.6 Å². The second kappa shape index (κ2) is 12.8. The minimum absolute atomic E-state index is 0.00139. The number of benzene rings is 8. The van der Waals surface area contributed by atoms with Crippen LogP contribution in [-0.4, -0.2) is 21.1 Å². The molecule has 0 saturated carbocycles. The zero-order chi connectivity index (χ0) is 36.5. The second-order valence-electron chi connectivity index (χ2n) is 14.8. The molecule has 1 fully saturated rings. The van der Waals surface area contributed by atoms with Gasteiger partial charge in [0.1, 0.15) is 0 Å². The minimum Gasteiger partial charge on any atom is -0.309 e. The van der Waals surface area contributed by atoms with Crippen molar-refractivity contribution in [3.05, 3.63) is 205 Å². The molecule has 2 aromatic heterocycles. The maximum Gasteiger partial charge on any atom is 0.0888 e. The maximum absolute atomic E-state index is 3.97. The fraction of sp³-hybridized carbons (Fsp3) is 0.0800. The van der Waals surface area contributed by atoms with Gasteiger partial charge < -0.3 is 9.13 Å². The summed E-state index contributed by atoms with van der Waals surface area (Å²) in [6.45, 7) is 0. The first-order chi connectivity index (χ1) is 27.2. The molecule has 1 aliphatic rings. The van der Waals surface area contributed by atoms with E-state index >= 15 is 0 Å². The predicted octanol–water partition coefficient (Wildman–Crippen LogP) is 11.6. The van der Waals surface area contributed by atoms with Gasteiger partial charge in [-0.3, -0.25) is 15.5 Å². The van der Waals surface area contributed by atoms with Crippen molar-refractivity contribution in [2.75, 3.05) is 7.05 Å². The molecule has 264 valence electrons. The molecule has 0 radical (unpaired) electrons. The van der Waals surface area contributed by atoms with Crippen molar-refractivity contribution in [2.45, 2.75) is 18.5 Å². The Labute approximate surface area is 319 Å². The van der Waals surface area contributed by atoms with E-state index in [2.05, 4.69) is 220 Å². The average molecular weight is 710 g/mol. The van der Waals surface area contributed by atoms with E-state index in [1.165, 1.54) is 76.8 Å². The van der Waals surface area contributed by atoms with Crippen LogP contribution < -0.4 is 10.6 Å². The van der Waals surface area contributed by atoms with Crippen LogP contribution in [0.5, 0.6) is 0 Å². The lowest BCUT2D eigenvalue weighted by Gasteiger charge is -2.45. The summed E-state index contributed by atoms with van der Waals surface area (Å²) in [7, 11) is 2.20. The van der Waals surface area contributed by atoms with Crippen LogP contribution in [0.25, 0.3) is 65.8 Å². The van der Waals surface area contributed by atoms with E-state index in [0.717, 1.165) is 5.69 Å². The molecular formula is C50H39N5. The summed E-state index contributed by atoms with van der Waals surface area (Å²) in [5, 5.41) is 15.4. The largest absolute Gasteiger partial charge is 0.309 e. The highest BCUT2D eigenvalue weighted by Gasteiger charge is 2.35. The first-order valence-corrected chi connectivity index (χ1v) is 19.1. The number of nitrogens with one attached hydrogen (secondary N) is 2. The Kier molecular flexibility index (Phi) is 7.45. The third-order valence-corrected chi connectivity index (χ3v) is 11.6. The number of nitrogens with zero attached hydrogens (tertiary/aromatic N) is 3. The van der Waals surface area contributed by atoms with E-state index in [9.17, 15) is 0 Å². The zero-order valence-electron chi connectivity index (χ0n) is 30.5. The first-order valence-electron chi connectivity index (χ1n) is 19.1. The Morgan fingerprint density at radius 1 is 0.364 bits per heavy atom. The molecule has 3 unspecified atom stereocenters. The topological polar surface area (TPSA) is 37.2 Å². The molecule has 1 saturated heterocycles. The molecular weight excluding hydrogens is 671 g/mol. The third-order valence-electron chi connectivity index (χ3n) is 11.6. The lowest BCUT2D eigenvalue weighted by atomic mass is 10.0. The lowest BCUT2D eigenvalue weighted by Crippen LogP contribution is -2.54. The molecule has 10 aromatic rings. The Balaban J connectivity index is 1.03. The molecule has 1 aliphatic heterocycles. The highest BCUT2D eigenvalue weighted by molar-refractivity contribution is 6.19. The van der Waals surface area contributed by atoms with Crippen LogP contribution in [-0.2, 0) is 0 Å². The Morgan fingerprint density at radius 3 is 1.49 bits per heavy atom. The fourth-order valence-corrected chi connectivity index (χ4v) is 9.00. The van der Waals surface area contributed by atoms with Gasteiger partial charge in [0, 0.05) is 32.9 Å². The Hall–Kier alpha value is -6.50. The van der Waals surface area contributed by atoms with Gasteiger partial charge in [0.25, 0.3) is 0 Å². The van der Waals surface area contributed by atoms with Crippen molar-refractivity contribution >= 4 is 54.4 Å². The zero-order valence-corrected chi connectivity index (χ0v) is 30.5. The summed E-state index contributed by atoms with van der Waals surface area (Å²) in [5.74, 6) is 0. The molecule has 3 heterocycles. The van der Waals surface area contributed by atoms with Crippen molar-refractivity contribution in [1.82, 2.24) is 24.7 Å². The summed E-state index contributed by atoms with van der Waals surface area (Å²) in [4.78, 5) is 2.40. The molecule has 5 heteroatoms. The standard InChI is InChI=1S/C50H39N5/c1-53-49(35-15-4-2-5-16-35)51-48(52-50(53)37-25-24-33-14-8-9-17-36(33)30-37)34-26-28-39(29-27-34)55-45-23-13-11-21-41(45)43-31-46-42(32-47(43)55)40-20-10-12-22-44(40)54(46)38-18-6-3-7-19-38/h2-32,48-52H,1H3. The van der Waals surface area contributed by atoms with Gasteiger partial charge in [-0.1, -0.05) is 133 Å². The van der Waals surface area contributed by atoms with E-state index in [1.807, 2.05) is 0 Å². The monoisotopic (exact) mass is 709 g/mol. The number of hydrogen-bond acceptors (Lipinski definition) is 3. The Morgan fingerprint density at radius 2 is 0.855 bits per heavy atom. The van der Waals surface area contributed by atoms with E-state index < -0.39 is 0 Å². The van der Waals surface area contributed by atoms with E-state index in [-0.39, 0.29) is 18.5 Å². The predicted molar refractivity (Wildman–Crippen MR) is 228 cm³/mol. The smallest absolute Gasteiger partial charge is 0.0888 e. The van der Waals surface area contributed by atoms with Gasteiger partial charge in [-0.15, -0.1) is 0 Å².